The van der Waals surface area contributed by atoms with E-state index in [9.17, 15) is 24.9 Å². The molecule has 1 aliphatic rings. The third-order valence-corrected chi connectivity index (χ3v) is 7.58. The molecule has 1 atom stereocenters. The number of likely N-dealkylation sites (tertiary alicyclic amines) is 1. The van der Waals surface area contributed by atoms with Crippen LogP contribution in [0.4, 0.5) is 0 Å². The minimum atomic E-state index is -0.985. The second kappa shape index (κ2) is 12.0. The van der Waals surface area contributed by atoms with E-state index in [0.29, 0.717) is 37.6 Å². The number of carboxylic acids is 2. The van der Waals surface area contributed by atoms with E-state index in [1.165, 1.54) is 0 Å². The van der Waals surface area contributed by atoms with Crippen LogP contribution in [0, 0.1) is 0 Å². The monoisotopic (exact) mass is 547 g/mol. The molecule has 4 aromatic rings. The SMILES string of the molecule is COc1ccc2nccc([C@@H](O)CN3CCC(N(CC(=O)O)Cc4cc5cccnc5n4CC(=O)O)CC3)c2c1. The zero-order valence-corrected chi connectivity index (χ0v) is 22.3. The first-order chi connectivity index (χ1) is 19.3. The molecule has 210 valence electrons. The van der Waals surface area contributed by atoms with Crippen molar-refractivity contribution in [2.75, 3.05) is 33.3 Å². The number of hydrogen-bond donors (Lipinski definition) is 3. The van der Waals surface area contributed by atoms with Gasteiger partial charge in [-0.1, -0.05) is 0 Å². The third kappa shape index (κ3) is 6.06. The highest BCUT2D eigenvalue weighted by Gasteiger charge is 2.29. The van der Waals surface area contributed by atoms with Gasteiger partial charge in [-0.15, -0.1) is 0 Å². The summed E-state index contributed by atoms with van der Waals surface area (Å²) < 4.78 is 7.00. The minimum Gasteiger partial charge on any atom is -0.497 e. The number of aliphatic hydroxyl groups is 1. The number of pyridine rings is 2. The van der Waals surface area contributed by atoms with E-state index in [4.69, 9.17) is 4.74 Å². The van der Waals surface area contributed by atoms with Gasteiger partial charge in [0.05, 0.1) is 25.3 Å². The average Bonchev–Trinajstić information content (AvgIpc) is 3.28. The van der Waals surface area contributed by atoms with Crippen molar-refractivity contribution in [3.63, 3.8) is 0 Å². The number of methoxy groups -OCH3 is 1. The van der Waals surface area contributed by atoms with Crippen LogP contribution in [0.3, 0.4) is 0 Å². The van der Waals surface area contributed by atoms with Gasteiger partial charge in [0, 0.05) is 48.0 Å². The molecule has 1 aliphatic heterocycles. The molecule has 1 saturated heterocycles. The molecule has 4 heterocycles. The van der Waals surface area contributed by atoms with E-state index in [0.717, 1.165) is 40.4 Å². The second-order valence-corrected chi connectivity index (χ2v) is 10.2. The van der Waals surface area contributed by atoms with Gasteiger partial charge in [0.1, 0.15) is 17.9 Å². The lowest BCUT2D eigenvalue weighted by atomic mass is 10.00. The summed E-state index contributed by atoms with van der Waals surface area (Å²) in [4.78, 5) is 36.2. The van der Waals surface area contributed by atoms with Crippen molar-refractivity contribution < 1.29 is 29.6 Å². The molecule has 0 saturated carbocycles. The molecule has 0 bridgehead atoms. The van der Waals surface area contributed by atoms with Crippen molar-refractivity contribution in [1.29, 1.82) is 0 Å². The molecule has 1 fully saturated rings. The quantitative estimate of drug-likeness (QED) is 0.257. The Bertz CT molecular complexity index is 1510. The van der Waals surface area contributed by atoms with Crippen LogP contribution in [0.2, 0.25) is 0 Å². The van der Waals surface area contributed by atoms with Crippen LogP contribution in [0.25, 0.3) is 21.9 Å². The van der Waals surface area contributed by atoms with Crippen LogP contribution < -0.4 is 4.74 Å². The van der Waals surface area contributed by atoms with Gasteiger partial charge >= 0.3 is 11.9 Å². The summed E-state index contributed by atoms with van der Waals surface area (Å²) in [5.74, 6) is -1.22. The molecule has 11 nitrogen and oxygen atoms in total. The number of piperidine rings is 1. The molecule has 0 radical (unpaired) electrons. The zero-order chi connectivity index (χ0) is 28.2. The second-order valence-electron chi connectivity index (χ2n) is 10.2. The lowest BCUT2D eigenvalue weighted by molar-refractivity contribution is -0.140. The maximum absolute atomic E-state index is 11.8. The summed E-state index contributed by atoms with van der Waals surface area (Å²) >= 11 is 0. The molecule has 1 aromatic carbocycles. The third-order valence-electron chi connectivity index (χ3n) is 7.58. The molecule has 0 amide bonds. The number of aliphatic carboxylic acids is 2. The Balaban J connectivity index is 1.28. The van der Waals surface area contributed by atoms with Crippen molar-refractivity contribution in [3.8, 4) is 5.75 Å². The number of hydrogen-bond acceptors (Lipinski definition) is 8. The van der Waals surface area contributed by atoms with Crippen molar-refractivity contribution in [3.05, 3.63) is 66.1 Å². The largest absolute Gasteiger partial charge is 0.497 e. The molecule has 3 N–H and O–H groups in total. The molecule has 5 rings (SSSR count). The Morgan fingerprint density at radius 3 is 2.60 bits per heavy atom. The standard InChI is InChI=1S/C29H33N5O6/c1-40-22-4-5-25-24(14-22)23(6-10-30-25)26(35)16-32-11-7-20(8-12-32)33(17-27(36)37)15-21-13-19-3-2-9-31-29(19)34(21)18-28(38)39/h2-6,9-10,13-14,20,26,35H,7-8,11-12,15-18H2,1H3,(H,36,37)(H,38,39)/t26-/m0/s1. The Morgan fingerprint density at radius 1 is 1.07 bits per heavy atom. The van der Waals surface area contributed by atoms with Gasteiger partial charge in [-0.2, -0.15) is 0 Å². The minimum absolute atomic E-state index is 0.000223. The Morgan fingerprint density at radius 2 is 1.88 bits per heavy atom. The Hall–Kier alpha value is -4.06. The first-order valence-electron chi connectivity index (χ1n) is 13.3. The molecular weight excluding hydrogens is 514 g/mol. The van der Waals surface area contributed by atoms with Gasteiger partial charge in [0.15, 0.2) is 0 Å². The number of rotatable bonds is 11. The molecular formula is C29H33N5O6. The molecule has 0 aliphatic carbocycles. The summed E-state index contributed by atoms with van der Waals surface area (Å²) in [5, 5.41) is 31.9. The van der Waals surface area contributed by atoms with E-state index in [1.807, 2.05) is 41.3 Å². The summed E-state index contributed by atoms with van der Waals surface area (Å²) in [6.45, 7) is 1.74. The highest BCUT2D eigenvalue weighted by atomic mass is 16.5. The number of carbonyl (C=O) groups is 2. The molecule has 3 aromatic heterocycles. The van der Waals surface area contributed by atoms with E-state index < -0.39 is 18.0 Å². The number of fused-ring (bicyclic) bond motifs is 2. The predicted octanol–water partition coefficient (Wildman–Crippen LogP) is 2.76. The van der Waals surface area contributed by atoms with Gasteiger partial charge < -0.3 is 29.5 Å². The number of benzene rings is 1. The lowest BCUT2D eigenvalue weighted by Gasteiger charge is -2.38. The average molecular weight is 548 g/mol. The molecule has 11 heteroatoms. The number of carboxylic acid groups (broad SMARTS) is 2. The summed E-state index contributed by atoms with van der Waals surface area (Å²) in [6, 6.07) is 13.0. The fourth-order valence-corrected chi connectivity index (χ4v) is 5.65. The van der Waals surface area contributed by atoms with E-state index in [2.05, 4.69) is 14.9 Å². The zero-order valence-electron chi connectivity index (χ0n) is 22.3. The van der Waals surface area contributed by atoms with Gasteiger partial charge in [-0.3, -0.25) is 19.5 Å². The van der Waals surface area contributed by atoms with Crippen LogP contribution in [0.15, 0.2) is 54.9 Å². The topological polar surface area (TPSA) is 141 Å². The van der Waals surface area contributed by atoms with Crippen LogP contribution >= 0.6 is 0 Å². The van der Waals surface area contributed by atoms with E-state index in [-0.39, 0.29) is 19.1 Å². The summed E-state index contributed by atoms with van der Waals surface area (Å²) in [5.41, 5.74) is 2.87. The van der Waals surface area contributed by atoms with Crippen LogP contribution in [-0.2, 0) is 22.7 Å². The van der Waals surface area contributed by atoms with Crippen LogP contribution in [0.5, 0.6) is 5.75 Å². The maximum Gasteiger partial charge on any atom is 0.323 e. The fourth-order valence-electron chi connectivity index (χ4n) is 5.65. The summed E-state index contributed by atoms with van der Waals surface area (Å²) in [7, 11) is 1.61. The van der Waals surface area contributed by atoms with Crippen molar-refractivity contribution >= 4 is 33.9 Å². The van der Waals surface area contributed by atoms with Gasteiger partial charge in [0.25, 0.3) is 0 Å². The lowest BCUT2D eigenvalue weighted by Crippen LogP contribution is -2.47. The van der Waals surface area contributed by atoms with Gasteiger partial charge in [0.2, 0.25) is 0 Å². The number of β-amino-alcohol motifs (C(OH)–C–C–N with tert-alkyl or cyclic N) is 1. The van der Waals surface area contributed by atoms with Gasteiger partial charge in [-0.25, -0.2) is 4.98 Å². The smallest absolute Gasteiger partial charge is 0.323 e. The van der Waals surface area contributed by atoms with Crippen LogP contribution in [-0.4, -0.2) is 90.9 Å². The Kier molecular flexibility index (Phi) is 8.24. The van der Waals surface area contributed by atoms with Gasteiger partial charge in [-0.05, 0) is 74.0 Å². The highest BCUT2D eigenvalue weighted by Crippen LogP contribution is 2.29. The van der Waals surface area contributed by atoms with Crippen molar-refractivity contribution in [1.82, 2.24) is 24.3 Å². The van der Waals surface area contributed by atoms with Crippen molar-refractivity contribution in [2.45, 2.75) is 38.1 Å². The number of aliphatic hydroxyl groups excluding tert-OH is 1. The normalized spacial score (nSPS) is 15.6. The van der Waals surface area contributed by atoms with E-state index >= 15 is 0 Å². The molecule has 40 heavy (non-hydrogen) atoms. The Labute approximate surface area is 231 Å². The van der Waals surface area contributed by atoms with E-state index in [1.54, 1.807) is 30.1 Å². The number of ether oxygens (including phenoxy) is 1. The predicted molar refractivity (Wildman–Crippen MR) is 148 cm³/mol. The first-order valence-corrected chi connectivity index (χ1v) is 13.3. The maximum atomic E-state index is 11.8. The number of aromatic nitrogens is 3. The highest BCUT2D eigenvalue weighted by molar-refractivity contribution is 5.84. The first kappa shape index (κ1) is 27.5. The molecule has 0 unspecified atom stereocenters. The van der Waals surface area contributed by atoms with Crippen LogP contribution in [0.1, 0.15) is 30.2 Å². The number of nitrogens with zero attached hydrogens (tertiary/aromatic N) is 5. The fraction of sp³-hybridized carbons (Fsp3) is 0.379. The molecule has 0 spiro atoms. The van der Waals surface area contributed by atoms with Crippen molar-refractivity contribution in [2.24, 2.45) is 0 Å². The summed E-state index contributed by atoms with van der Waals surface area (Å²) in [6.07, 6.45) is 4.05.